The summed E-state index contributed by atoms with van der Waals surface area (Å²) in [5, 5.41) is 9.29. The lowest BCUT2D eigenvalue weighted by Crippen LogP contribution is -2.17. The van der Waals surface area contributed by atoms with Crippen molar-refractivity contribution < 1.29 is 4.74 Å². The molecule has 2 aromatic heterocycles. The predicted molar refractivity (Wildman–Crippen MR) is 97.0 cm³/mol. The van der Waals surface area contributed by atoms with Crippen LogP contribution in [-0.2, 0) is 13.0 Å². The molecule has 0 N–H and O–H groups in total. The monoisotopic (exact) mass is 339 g/mol. The standard InChI is InChI=1S/C19H25N5O/c1-6-18-20-19(15(4)24-14(3)11-13(2)21-24)23(22-18)12-16-7-9-17(25-5)10-8-16/h7-11,15H,6,12H2,1-5H3. The van der Waals surface area contributed by atoms with Crippen LogP contribution in [0.1, 0.15) is 48.5 Å². The summed E-state index contributed by atoms with van der Waals surface area (Å²) in [7, 11) is 1.67. The Morgan fingerprint density at radius 2 is 1.84 bits per heavy atom. The second-order valence-corrected chi connectivity index (χ2v) is 6.29. The van der Waals surface area contributed by atoms with Crippen molar-refractivity contribution in [2.24, 2.45) is 0 Å². The van der Waals surface area contributed by atoms with Gasteiger partial charge in [0.2, 0.25) is 0 Å². The molecule has 3 aromatic rings. The van der Waals surface area contributed by atoms with Gasteiger partial charge in [-0.15, -0.1) is 0 Å². The smallest absolute Gasteiger partial charge is 0.152 e. The number of nitrogens with zero attached hydrogens (tertiary/aromatic N) is 5. The summed E-state index contributed by atoms with van der Waals surface area (Å²) < 4.78 is 9.23. The van der Waals surface area contributed by atoms with Crippen LogP contribution >= 0.6 is 0 Å². The molecule has 6 nitrogen and oxygen atoms in total. The van der Waals surface area contributed by atoms with E-state index in [1.54, 1.807) is 7.11 Å². The molecule has 0 radical (unpaired) electrons. The van der Waals surface area contributed by atoms with Gasteiger partial charge in [0.1, 0.15) is 11.8 Å². The average Bonchev–Trinajstić information content (AvgIpc) is 3.17. The first-order valence-corrected chi connectivity index (χ1v) is 8.61. The van der Waals surface area contributed by atoms with Crippen LogP contribution < -0.4 is 4.74 Å². The van der Waals surface area contributed by atoms with Crippen LogP contribution in [0.4, 0.5) is 0 Å². The van der Waals surface area contributed by atoms with E-state index in [1.165, 1.54) is 0 Å². The maximum Gasteiger partial charge on any atom is 0.152 e. The summed E-state index contributed by atoms with van der Waals surface area (Å²) in [5.74, 6) is 2.64. The van der Waals surface area contributed by atoms with E-state index in [-0.39, 0.29) is 6.04 Å². The third kappa shape index (κ3) is 3.57. The zero-order valence-electron chi connectivity index (χ0n) is 15.5. The van der Waals surface area contributed by atoms with Gasteiger partial charge in [0.15, 0.2) is 11.6 Å². The molecule has 6 heteroatoms. The molecule has 0 aliphatic heterocycles. The zero-order valence-corrected chi connectivity index (χ0v) is 15.5. The lowest BCUT2D eigenvalue weighted by molar-refractivity contribution is 0.414. The highest BCUT2D eigenvalue weighted by Gasteiger charge is 2.20. The first-order chi connectivity index (χ1) is 12.0. The molecule has 25 heavy (non-hydrogen) atoms. The van der Waals surface area contributed by atoms with Crippen LogP contribution in [0.5, 0.6) is 5.75 Å². The maximum absolute atomic E-state index is 5.23. The molecular weight excluding hydrogens is 314 g/mol. The second-order valence-electron chi connectivity index (χ2n) is 6.29. The van der Waals surface area contributed by atoms with Crippen molar-refractivity contribution in [2.45, 2.75) is 46.7 Å². The van der Waals surface area contributed by atoms with E-state index in [2.05, 4.69) is 49.2 Å². The summed E-state index contributed by atoms with van der Waals surface area (Å²) >= 11 is 0. The number of aromatic nitrogens is 5. The Labute approximate surface area is 148 Å². The first kappa shape index (κ1) is 17.2. The topological polar surface area (TPSA) is 57.8 Å². The van der Waals surface area contributed by atoms with Gasteiger partial charge < -0.3 is 4.74 Å². The fraction of sp³-hybridized carbons (Fsp3) is 0.421. The number of methoxy groups -OCH3 is 1. The third-order valence-corrected chi connectivity index (χ3v) is 4.34. The normalized spacial score (nSPS) is 12.4. The van der Waals surface area contributed by atoms with Crippen molar-refractivity contribution in [1.29, 1.82) is 0 Å². The first-order valence-electron chi connectivity index (χ1n) is 8.61. The van der Waals surface area contributed by atoms with Crippen LogP contribution in [0.15, 0.2) is 30.3 Å². The molecule has 2 heterocycles. The molecule has 0 spiro atoms. The lowest BCUT2D eigenvalue weighted by atomic mass is 10.2. The molecule has 0 fully saturated rings. The highest BCUT2D eigenvalue weighted by Crippen LogP contribution is 2.20. The third-order valence-electron chi connectivity index (χ3n) is 4.34. The van der Waals surface area contributed by atoms with Gasteiger partial charge in [-0.1, -0.05) is 19.1 Å². The molecule has 132 valence electrons. The van der Waals surface area contributed by atoms with E-state index < -0.39 is 0 Å². The van der Waals surface area contributed by atoms with Crippen molar-refractivity contribution in [3.05, 3.63) is 58.9 Å². The van der Waals surface area contributed by atoms with E-state index in [4.69, 9.17) is 9.72 Å². The van der Waals surface area contributed by atoms with Gasteiger partial charge in [0.25, 0.3) is 0 Å². The van der Waals surface area contributed by atoms with E-state index in [0.29, 0.717) is 6.54 Å². The minimum Gasteiger partial charge on any atom is -0.497 e. The summed E-state index contributed by atoms with van der Waals surface area (Å²) in [6, 6.07) is 10.2. The van der Waals surface area contributed by atoms with Crippen LogP contribution in [0, 0.1) is 13.8 Å². The largest absolute Gasteiger partial charge is 0.497 e. The Hall–Kier alpha value is -2.63. The fourth-order valence-corrected chi connectivity index (χ4v) is 3.03. The van der Waals surface area contributed by atoms with Gasteiger partial charge >= 0.3 is 0 Å². The quantitative estimate of drug-likeness (QED) is 0.691. The van der Waals surface area contributed by atoms with Crippen LogP contribution in [0.25, 0.3) is 0 Å². The van der Waals surface area contributed by atoms with Gasteiger partial charge in [0, 0.05) is 12.1 Å². The van der Waals surface area contributed by atoms with Gasteiger partial charge in [-0.2, -0.15) is 10.2 Å². The van der Waals surface area contributed by atoms with Crippen molar-refractivity contribution in [3.63, 3.8) is 0 Å². The Kier molecular flexibility index (Phi) is 4.88. The highest BCUT2D eigenvalue weighted by atomic mass is 16.5. The number of hydrogen-bond donors (Lipinski definition) is 0. The molecule has 1 unspecified atom stereocenters. The number of hydrogen-bond acceptors (Lipinski definition) is 4. The van der Waals surface area contributed by atoms with E-state index in [0.717, 1.165) is 40.8 Å². The number of aryl methyl sites for hydroxylation is 3. The SMILES string of the molecule is CCc1nc(C(C)n2nc(C)cc2C)n(Cc2ccc(OC)cc2)n1. The average molecular weight is 339 g/mol. The zero-order chi connectivity index (χ0) is 18.0. The van der Waals surface area contributed by atoms with Gasteiger partial charge in [0.05, 0.1) is 19.3 Å². The maximum atomic E-state index is 5.23. The van der Waals surface area contributed by atoms with Crippen molar-refractivity contribution >= 4 is 0 Å². The van der Waals surface area contributed by atoms with Crippen LogP contribution in [0.2, 0.25) is 0 Å². The van der Waals surface area contributed by atoms with Gasteiger partial charge in [-0.25, -0.2) is 9.67 Å². The van der Waals surface area contributed by atoms with Crippen molar-refractivity contribution in [2.75, 3.05) is 7.11 Å². The van der Waals surface area contributed by atoms with Gasteiger partial charge in [-0.05, 0) is 44.5 Å². The molecular formula is C19H25N5O. The highest BCUT2D eigenvalue weighted by molar-refractivity contribution is 5.27. The van der Waals surface area contributed by atoms with Gasteiger partial charge in [-0.3, -0.25) is 4.68 Å². The minimum atomic E-state index is 0.0275. The molecule has 0 amide bonds. The molecule has 1 atom stereocenters. The lowest BCUT2D eigenvalue weighted by Gasteiger charge is -2.15. The Bertz CT molecular complexity index is 847. The number of benzene rings is 1. The molecule has 0 saturated carbocycles. The molecule has 0 aliphatic rings. The second kappa shape index (κ2) is 7.09. The van der Waals surface area contributed by atoms with Crippen molar-refractivity contribution in [1.82, 2.24) is 24.5 Å². The van der Waals surface area contributed by atoms with E-state index >= 15 is 0 Å². The Morgan fingerprint density at radius 3 is 2.40 bits per heavy atom. The van der Waals surface area contributed by atoms with Crippen molar-refractivity contribution in [3.8, 4) is 5.75 Å². The molecule has 3 rings (SSSR count). The molecule has 0 bridgehead atoms. The summed E-state index contributed by atoms with van der Waals surface area (Å²) in [6.45, 7) is 8.95. The fourth-order valence-electron chi connectivity index (χ4n) is 3.03. The predicted octanol–water partition coefficient (Wildman–Crippen LogP) is 3.32. The molecule has 1 aromatic carbocycles. The summed E-state index contributed by atoms with van der Waals surface area (Å²) in [6.07, 6.45) is 0.812. The van der Waals surface area contributed by atoms with Crippen LogP contribution in [-0.4, -0.2) is 31.7 Å². The summed E-state index contributed by atoms with van der Waals surface area (Å²) in [5.41, 5.74) is 3.30. The molecule has 0 saturated heterocycles. The van der Waals surface area contributed by atoms with E-state index in [1.807, 2.05) is 28.4 Å². The number of ether oxygens (including phenoxy) is 1. The Morgan fingerprint density at radius 1 is 1.12 bits per heavy atom. The minimum absolute atomic E-state index is 0.0275. The molecule has 0 aliphatic carbocycles. The van der Waals surface area contributed by atoms with E-state index in [9.17, 15) is 0 Å². The Balaban J connectivity index is 1.93. The number of rotatable bonds is 6. The van der Waals surface area contributed by atoms with Crippen LogP contribution in [0.3, 0.4) is 0 Å². The summed E-state index contributed by atoms with van der Waals surface area (Å²) in [4.78, 5) is 4.75.